The molecule has 116 valence electrons. The number of aliphatic hydroxyl groups is 1. The van der Waals surface area contributed by atoms with E-state index in [0.717, 1.165) is 24.1 Å². The summed E-state index contributed by atoms with van der Waals surface area (Å²) in [6.45, 7) is 2.89. The summed E-state index contributed by atoms with van der Waals surface area (Å²) in [6.07, 6.45) is 4.37. The summed E-state index contributed by atoms with van der Waals surface area (Å²) in [4.78, 5) is 12.1. The fraction of sp³-hybridized carbons (Fsp3) is 0.375. The fourth-order valence-electron chi connectivity index (χ4n) is 2.84. The number of hydrogen-bond acceptors (Lipinski definition) is 3. The first-order valence-electron chi connectivity index (χ1n) is 7.53. The van der Waals surface area contributed by atoms with E-state index in [1.54, 1.807) is 17.1 Å². The molecule has 0 spiro atoms. The molecule has 0 radical (unpaired) electrons. The lowest BCUT2D eigenvalue weighted by atomic mass is 10.1. The van der Waals surface area contributed by atoms with E-state index in [4.69, 9.17) is 0 Å². The molecule has 0 saturated heterocycles. The molecular formula is C16H20N4O2. The molecule has 0 saturated carbocycles. The van der Waals surface area contributed by atoms with Gasteiger partial charge in [0.1, 0.15) is 0 Å². The van der Waals surface area contributed by atoms with E-state index in [0.29, 0.717) is 12.1 Å². The molecule has 6 heteroatoms. The van der Waals surface area contributed by atoms with Crippen LogP contribution >= 0.6 is 0 Å². The maximum atomic E-state index is 12.1. The van der Waals surface area contributed by atoms with Crippen molar-refractivity contribution in [2.45, 2.75) is 38.5 Å². The second-order valence-electron chi connectivity index (χ2n) is 5.54. The van der Waals surface area contributed by atoms with Gasteiger partial charge in [0.15, 0.2) is 0 Å². The largest absolute Gasteiger partial charge is 0.390 e. The number of carbonyl (C=O) groups excluding carboxylic acids is 1. The third-order valence-corrected chi connectivity index (χ3v) is 3.83. The minimum atomic E-state index is -0.592. The molecule has 22 heavy (non-hydrogen) atoms. The van der Waals surface area contributed by atoms with Crippen LogP contribution in [-0.4, -0.2) is 27.0 Å². The minimum Gasteiger partial charge on any atom is -0.390 e. The number of aryl methyl sites for hydroxylation is 1. The maximum Gasteiger partial charge on any atom is 0.319 e. The first-order valence-corrected chi connectivity index (χ1v) is 7.53. The highest BCUT2D eigenvalue weighted by atomic mass is 16.3. The number of nitrogens with zero attached hydrogens (tertiary/aromatic N) is 2. The van der Waals surface area contributed by atoms with Crippen molar-refractivity contribution in [2.75, 3.05) is 5.32 Å². The molecule has 1 aromatic heterocycles. The summed E-state index contributed by atoms with van der Waals surface area (Å²) in [7, 11) is 0. The summed E-state index contributed by atoms with van der Waals surface area (Å²) < 4.78 is 1.79. The zero-order valence-corrected chi connectivity index (χ0v) is 12.5. The Morgan fingerprint density at radius 2 is 2.27 bits per heavy atom. The molecule has 3 rings (SSSR count). The van der Waals surface area contributed by atoms with Crippen molar-refractivity contribution in [3.05, 3.63) is 47.8 Å². The summed E-state index contributed by atoms with van der Waals surface area (Å²) in [5.41, 5.74) is 2.70. The van der Waals surface area contributed by atoms with Gasteiger partial charge in [-0.05, 0) is 17.5 Å². The molecule has 1 aliphatic carbocycles. The van der Waals surface area contributed by atoms with Crippen LogP contribution in [0.4, 0.5) is 10.5 Å². The molecule has 3 N–H and O–H groups in total. The van der Waals surface area contributed by atoms with Gasteiger partial charge in [0.2, 0.25) is 0 Å². The Morgan fingerprint density at radius 3 is 3.09 bits per heavy atom. The normalized spacial score (nSPS) is 19.7. The molecule has 1 heterocycles. The van der Waals surface area contributed by atoms with Crippen molar-refractivity contribution in [1.82, 2.24) is 15.1 Å². The van der Waals surface area contributed by atoms with Crippen LogP contribution in [0.5, 0.6) is 0 Å². The zero-order chi connectivity index (χ0) is 15.5. The average Bonchev–Trinajstić information content (AvgIpc) is 3.05. The van der Waals surface area contributed by atoms with E-state index in [1.165, 1.54) is 0 Å². The molecule has 2 amide bonds. The second kappa shape index (κ2) is 6.19. The number of aliphatic hydroxyl groups excluding tert-OH is 1. The highest BCUT2D eigenvalue weighted by Crippen LogP contribution is 2.31. The first kappa shape index (κ1) is 14.6. The summed E-state index contributed by atoms with van der Waals surface area (Å²) >= 11 is 0. The van der Waals surface area contributed by atoms with Crippen LogP contribution in [0.2, 0.25) is 0 Å². The van der Waals surface area contributed by atoms with Crippen molar-refractivity contribution >= 4 is 11.7 Å². The van der Waals surface area contributed by atoms with E-state index >= 15 is 0 Å². The van der Waals surface area contributed by atoms with Gasteiger partial charge < -0.3 is 15.7 Å². The Kier molecular flexibility index (Phi) is 4.11. The third-order valence-electron chi connectivity index (χ3n) is 3.83. The smallest absolute Gasteiger partial charge is 0.319 e. The van der Waals surface area contributed by atoms with Crippen LogP contribution in [0.3, 0.4) is 0 Å². The van der Waals surface area contributed by atoms with Crippen molar-refractivity contribution in [2.24, 2.45) is 0 Å². The van der Waals surface area contributed by atoms with Crippen LogP contribution in [-0.2, 0) is 13.0 Å². The molecule has 2 atom stereocenters. The number of benzene rings is 1. The topological polar surface area (TPSA) is 79.2 Å². The number of rotatable bonds is 4. The summed E-state index contributed by atoms with van der Waals surface area (Å²) in [6, 6.07) is 7.07. The lowest BCUT2D eigenvalue weighted by molar-refractivity contribution is 0.144. The summed E-state index contributed by atoms with van der Waals surface area (Å²) in [5.74, 6) is 0. The lowest BCUT2D eigenvalue weighted by Gasteiger charge is -2.18. The van der Waals surface area contributed by atoms with E-state index in [-0.39, 0.29) is 12.1 Å². The van der Waals surface area contributed by atoms with E-state index in [1.807, 2.05) is 24.3 Å². The van der Waals surface area contributed by atoms with E-state index in [9.17, 15) is 9.90 Å². The monoisotopic (exact) mass is 300 g/mol. The van der Waals surface area contributed by atoms with Gasteiger partial charge in [0.25, 0.3) is 0 Å². The summed E-state index contributed by atoms with van der Waals surface area (Å²) in [5, 5.41) is 19.9. The molecular weight excluding hydrogens is 280 g/mol. The molecule has 1 aliphatic rings. The number of fused-ring (bicyclic) bond motifs is 1. The molecule has 0 unspecified atom stereocenters. The predicted octanol–water partition coefficient (Wildman–Crippen LogP) is 2.07. The molecule has 0 bridgehead atoms. The number of aromatic nitrogens is 2. The lowest BCUT2D eigenvalue weighted by Crippen LogP contribution is -2.36. The van der Waals surface area contributed by atoms with Crippen molar-refractivity contribution in [3.8, 4) is 0 Å². The van der Waals surface area contributed by atoms with E-state index < -0.39 is 6.10 Å². The SMILES string of the molecule is CCCn1cc(NC(=O)N[C@H]2c3ccccc3C[C@H]2O)cn1. The Balaban J connectivity index is 1.64. The van der Waals surface area contributed by atoms with E-state index in [2.05, 4.69) is 22.7 Å². The highest BCUT2D eigenvalue weighted by Gasteiger charge is 2.31. The molecule has 2 aromatic rings. The van der Waals surface area contributed by atoms with Crippen LogP contribution in [0.15, 0.2) is 36.7 Å². The number of carbonyl (C=O) groups is 1. The third kappa shape index (κ3) is 2.96. The highest BCUT2D eigenvalue weighted by molar-refractivity contribution is 5.89. The van der Waals surface area contributed by atoms with Crippen LogP contribution in [0.25, 0.3) is 0 Å². The number of hydrogen-bond donors (Lipinski definition) is 3. The van der Waals surface area contributed by atoms with Crippen molar-refractivity contribution < 1.29 is 9.90 Å². The van der Waals surface area contributed by atoms with Crippen LogP contribution < -0.4 is 10.6 Å². The fourth-order valence-corrected chi connectivity index (χ4v) is 2.84. The minimum absolute atomic E-state index is 0.336. The predicted molar refractivity (Wildman–Crippen MR) is 83.6 cm³/mol. The first-order chi connectivity index (χ1) is 10.7. The van der Waals surface area contributed by atoms with Gasteiger partial charge in [0.05, 0.1) is 24.0 Å². The Hall–Kier alpha value is -2.34. The second-order valence-corrected chi connectivity index (χ2v) is 5.54. The quantitative estimate of drug-likeness (QED) is 0.809. The molecule has 0 aliphatic heterocycles. The van der Waals surface area contributed by atoms with Gasteiger partial charge in [0, 0.05) is 19.2 Å². The van der Waals surface area contributed by atoms with Crippen LogP contribution in [0.1, 0.15) is 30.5 Å². The Labute approximate surface area is 129 Å². The van der Waals surface area contributed by atoms with Gasteiger partial charge in [-0.2, -0.15) is 5.10 Å². The molecule has 0 fully saturated rings. The number of urea groups is 1. The van der Waals surface area contributed by atoms with Crippen molar-refractivity contribution in [3.63, 3.8) is 0 Å². The Morgan fingerprint density at radius 1 is 1.45 bits per heavy atom. The number of nitrogens with one attached hydrogen (secondary N) is 2. The van der Waals surface area contributed by atoms with Crippen molar-refractivity contribution in [1.29, 1.82) is 0 Å². The van der Waals surface area contributed by atoms with Gasteiger partial charge in [-0.15, -0.1) is 0 Å². The molecule has 1 aromatic carbocycles. The number of amides is 2. The van der Waals surface area contributed by atoms with Gasteiger partial charge in [-0.25, -0.2) is 4.79 Å². The van der Waals surface area contributed by atoms with Crippen LogP contribution in [0, 0.1) is 0 Å². The molecule has 6 nitrogen and oxygen atoms in total. The standard InChI is InChI=1S/C16H20N4O2/c1-2-7-20-10-12(9-17-20)18-16(22)19-15-13-6-4-3-5-11(13)8-14(15)21/h3-6,9-10,14-15,21H,2,7-8H2,1H3,(H2,18,19,22)/t14-,15+/m1/s1. The Bertz CT molecular complexity index is 668. The number of anilines is 1. The average molecular weight is 300 g/mol. The van der Waals surface area contributed by atoms with Gasteiger partial charge >= 0.3 is 6.03 Å². The zero-order valence-electron chi connectivity index (χ0n) is 12.5. The van der Waals surface area contributed by atoms with Gasteiger partial charge in [-0.3, -0.25) is 4.68 Å². The van der Waals surface area contributed by atoms with Gasteiger partial charge in [-0.1, -0.05) is 31.2 Å². The maximum absolute atomic E-state index is 12.1.